The van der Waals surface area contributed by atoms with Crippen molar-refractivity contribution < 1.29 is 33.3 Å². The van der Waals surface area contributed by atoms with Gasteiger partial charge >= 0.3 is 11.9 Å². The van der Waals surface area contributed by atoms with E-state index in [-0.39, 0.29) is 26.4 Å². The highest BCUT2D eigenvalue weighted by atomic mass is 16.6. The molecule has 0 N–H and O–H groups in total. The summed E-state index contributed by atoms with van der Waals surface area (Å²) in [6, 6.07) is 0. The molecule has 0 aliphatic rings. The molecule has 0 saturated heterocycles. The summed E-state index contributed by atoms with van der Waals surface area (Å²) in [5.74, 6) is -1.90. The van der Waals surface area contributed by atoms with Crippen LogP contribution in [0, 0.1) is 0 Å². The summed E-state index contributed by atoms with van der Waals surface area (Å²) in [6.07, 6.45) is -0.883. The maximum absolute atomic E-state index is 11.3. The number of rotatable bonds is 10. The van der Waals surface area contributed by atoms with Crippen LogP contribution >= 0.6 is 0 Å². The molecule has 7 heteroatoms. The summed E-state index contributed by atoms with van der Waals surface area (Å²) < 4.78 is 18.7. The fourth-order valence-electron chi connectivity index (χ4n) is 0.964. The quantitative estimate of drug-likeness (QED) is 0.304. The number of hydrogen-bond acceptors (Lipinski definition) is 7. The number of carbonyl (C=O) groups is 3. The summed E-state index contributed by atoms with van der Waals surface area (Å²) in [4.78, 5) is 33.5. The third-order valence-corrected chi connectivity index (χ3v) is 1.78. The smallest absolute Gasteiger partial charge is 0.313 e. The van der Waals surface area contributed by atoms with Crippen LogP contribution in [0.1, 0.15) is 12.8 Å². The Kier molecular flexibility index (Phi) is 9.80. The highest BCUT2D eigenvalue weighted by molar-refractivity contribution is 6.03. The van der Waals surface area contributed by atoms with Crippen molar-refractivity contribution in [1.29, 1.82) is 0 Å². The molecule has 0 unspecified atom stereocenters. The minimum Gasteiger partial charge on any atom is -0.463 e. The van der Waals surface area contributed by atoms with Gasteiger partial charge in [-0.3, -0.25) is 14.4 Å². The first-order chi connectivity index (χ1) is 8.60. The lowest BCUT2D eigenvalue weighted by molar-refractivity contribution is -0.150. The van der Waals surface area contributed by atoms with Gasteiger partial charge in [-0.1, -0.05) is 0 Å². The molecule has 0 bridgehead atoms. The normalized spacial score (nSPS) is 9.89. The standard InChI is InChI=1S/C11H18O7/c1-15-3-5-17-10(13)7-9(12)8-11(14)18-6-4-16-2/h3-8H2,1-2H3. The highest BCUT2D eigenvalue weighted by Gasteiger charge is 2.15. The number of methoxy groups -OCH3 is 2. The maximum atomic E-state index is 11.3. The Morgan fingerprint density at radius 1 is 0.722 bits per heavy atom. The van der Waals surface area contributed by atoms with Gasteiger partial charge in [0.15, 0.2) is 5.78 Å². The second kappa shape index (κ2) is 10.7. The number of carbonyl (C=O) groups excluding carboxylic acids is 3. The number of Topliss-reactive ketones (excluding diaryl/α,β-unsaturated/α-hetero) is 1. The van der Waals surface area contributed by atoms with Gasteiger partial charge < -0.3 is 18.9 Å². The Balaban J connectivity index is 3.68. The molecule has 0 fully saturated rings. The van der Waals surface area contributed by atoms with Gasteiger partial charge in [0, 0.05) is 14.2 Å². The summed E-state index contributed by atoms with van der Waals surface area (Å²) in [6.45, 7) is 0.694. The van der Waals surface area contributed by atoms with Crippen LogP contribution in [-0.2, 0) is 33.3 Å². The first-order valence-electron chi connectivity index (χ1n) is 5.41. The number of hydrogen-bond donors (Lipinski definition) is 0. The van der Waals surface area contributed by atoms with Crippen molar-refractivity contribution in [3.05, 3.63) is 0 Å². The highest BCUT2D eigenvalue weighted by Crippen LogP contribution is 1.96. The molecule has 0 spiro atoms. The zero-order valence-electron chi connectivity index (χ0n) is 10.6. The molecular formula is C11H18O7. The van der Waals surface area contributed by atoms with Crippen molar-refractivity contribution in [3.63, 3.8) is 0 Å². The van der Waals surface area contributed by atoms with Crippen molar-refractivity contribution in [3.8, 4) is 0 Å². The first-order valence-corrected chi connectivity index (χ1v) is 5.41. The zero-order chi connectivity index (χ0) is 13.8. The largest absolute Gasteiger partial charge is 0.463 e. The molecule has 0 atom stereocenters. The molecule has 7 nitrogen and oxygen atoms in total. The topological polar surface area (TPSA) is 88.1 Å². The maximum Gasteiger partial charge on any atom is 0.313 e. The van der Waals surface area contributed by atoms with Crippen LogP contribution in [0.2, 0.25) is 0 Å². The van der Waals surface area contributed by atoms with Gasteiger partial charge in [0.05, 0.1) is 13.2 Å². The Morgan fingerprint density at radius 3 is 1.44 bits per heavy atom. The SMILES string of the molecule is COCCOC(=O)CC(=O)CC(=O)OCCOC. The number of ether oxygens (including phenoxy) is 4. The second-order valence-corrected chi connectivity index (χ2v) is 3.32. The summed E-state index contributed by atoms with van der Waals surface area (Å²) >= 11 is 0. The average Bonchev–Trinajstić information content (AvgIpc) is 2.29. The summed E-state index contributed by atoms with van der Waals surface area (Å²) in [7, 11) is 2.93. The third kappa shape index (κ3) is 9.73. The van der Waals surface area contributed by atoms with Gasteiger partial charge in [-0.25, -0.2) is 0 Å². The molecule has 0 aromatic heterocycles. The van der Waals surface area contributed by atoms with Crippen molar-refractivity contribution in [2.45, 2.75) is 12.8 Å². The minimum atomic E-state index is -0.679. The lowest BCUT2D eigenvalue weighted by Crippen LogP contribution is -2.18. The van der Waals surface area contributed by atoms with Gasteiger partial charge in [-0.2, -0.15) is 0 Å². The van der Waals surface area contributed by atoms with E-state index >= 15 is 0 Å². The van der Waals surface area contributed by atoms with Crippen LogP contribution in [0.3, 0.4) is 0 Å². The molecule has 0 amide bonds. The Hall–Kier alpha value is -1.47. The third-order valence-electron chi connectivity index (χ3n) is 1.78. The van der Waals surface area contributed by atoms with E-state index in [1.807, 2.05) is 0 Å². The van der Waals surface area contributed by atoms with Crippen LogP contribution in [-0.4, -0.2) is 58.4 Å². The Morgan fingerprint density at radius 2 is 1.11 bits per heavy atom. The van der Waals surface area contributed by atoms with Crippen molar-refractivity contribution in [2.75, 3.05) is 40.6 Å². The van der Waals surface area contributed by atoms with Crippen molar-refractivity contribution in [1.82, 2.24) is 0 Å². The molecule has 0 radical (unpaired) electrons. The lowest BCUT2D eigenvalue weighted by Gasteiger charge is -2.04. The lowest BCUT2D eigenvalue weighted by atomic mass is 10.2. The number of esters is 2. The molecule has 0 aliphatic heterocycles. The van der Waals surface area contributed by atoms with E-state index in [2.05, 4.69) is 18.9 Å². The minimum absolute atomic E-state index is 0.0842. The van der Waals surface area contributed by atoms with E-state index in [0.717, 1.165) is 0 Å². The van der Waals surface area contributed by atoms with E-state index in [1.165, 1.54) is 14.2 Å². The first kappa shape index (κ1) is 16.5. The van der Waals surface area contributed by atoms with Crippen LogP contribution in [0.4, 0.5) is 0 Å². The van der Waals surface area contributed by atoms with Crippen LogP contribution in [0.15, 0.2) is 0 Å². The Labute approximate surface area is 105 Å². The van der Waals surface area contributed by atoms with Gasteiger partial charge in [-0.15, -0.1) is 0 Å². The molecule has 0 rings (SSSR count). The number of ketones is 1. The predicted octanol–water partition coefficient (Wildman–Crippen LogP) is -0.285. The molecule has 0 saturated carbocycles. The fourth-order valence-corrected chi connectivity index (χ4v) is 0.964. The van der Waals surface area contributed by atoms with E-state index in [4.69, 9.17) is 0 Å². The van der Waals surface area contributed by atoms with E-state index < -0.39 is 30.6 Å². The molecule has 104 valence electrons. The second-order valence-electron chi connectivity index (χ2n) is 3.32. The molecule has 0 heterocycles. The molecule has 18 heavy (non-hydrogen) atoms. The summed E-state index contributed by atoms with van der Waals surface area (Å²) in [5.41, 5.74) is 0. The van der Waals surface area contributed by atoms with Gasteiger partial charge in [-0.05, 0) is 0 Å². The van der Waals surface area contributed by atoms with Crippen molar-refractivity contribution >= 4 is 17.7 Å². The van der Waals surface area contributed by atoms with E-state index in [1.54, 1.807) is 0 Å². The average molecular weight is 262 g/mol. The van der Waals surface area contributed by atoms with Gasteiger partial charge in [0.2, 0.25) is 0 Å². The molecule has 0 aromatic rings. The van der Waals surface area contributed by atoms with E-state index in [0.29, 0.717) is 0 Å². The molecule has 0 aliphatic carbocycles. The van der Waals surface area contributed by atoms with Crippen LogP contribution in [0.25, 0.3) is 0 Å². The molecule has 0 aromatic carbocycles. The van der Waals surface area contributed by atoms with Gasteiger partial charge in [0.25, 0.3) is 0 Å². The Bertz CT molecular complexity index is 249. The molecular weight excluding hydrogens is 244 g/mol. The predicted molar refractivity (Wildman–Crippen MR) is 59.9 cm³/mol. The van der Waals surface area contributed by atoms with Crippen LogP contribution in [0.5, 0.6) is 0 Å². The fraction of sp³-hybridized carbons (Fsp3) is 0.727. The van der Waals surface area contributed by atoms with Gasteiger partial charge in [0.1, 0.15) is 26.1 Å². The summed E-state index contributed by atoms with van der Waals surface area (Å²) in [5, 5.41) is 0. The van der Waals surface area contributed by atoms with E-state index in [9.17, 15) is 14.4 Å². The van der Waals surface area contributed by atoms with Crippen molar-refractivity contribution in [2.24, 2.45) is 0 Å². The monoisotopic (exact) mass is 262 g/mol. The zero-order valence-corrected chi connectivity index (χ0v) is 10.6. The van der Waals surface area contributed by atoms with Crippen LogP contribution < -0.4 is 0 Å².